The van der Waals surface area contributed by atoms with Crippen molar-refractivity contribution in [2.75, 3.05) is 0 Å². The van der Waals surface area contributed by atoms with Crippen molar-refractivity contribution in [2.45, 2.75) is 50.0 Å². The number of benzene rings is 1. The average molecular weight is 292 g/mol. The van der Waals surface area contributed by atoms with Gasteiger partial charge in [-0.05, 0) is 37.3 Å². The lowest BCUT2D eigenvalue weighted by Gasteiger charge is -2.10. The molecule has 20 heavy (non-hydrogen) atoms. The third kappa shape index (κ3) is 2.59. The number of fused-ring (bicyclic) bond motifs is 1. The summed E-state index contributed by atoms with van der Waals surface area (Å²) in [6.07, 6.45) is 5.71. The summed E-state index contributed by atoms with van der Waals surface area (Å²) in [7, 11) is -3.41. The van der Waals surface area contributed by atoms with Gasteiger partial charge in [-0.3, -0.25) is 9.71 Å². The van der Waals surface area contributed by atoms with Crippen molar-refractivity contribution < 1.29 is 8.42 Å². The van der Waals surface area contributed by atoms with E-state index in [2.05, 4.69) is 11.6 Å². The minimum atomic E-state index is -3.41. The van der Waals surface area contributed by atoms with E-state index in [0.717, 1.165) is 18.8 Å². The first kappa shape index (κ1) is 13.6. The number of amidine groups is 1. The second-order valence-corrected chi connectivity index (χ2v) is 7.50. The van der Waals surface area contributed by atoms with E-state index in [1.807, 2.05) is 12.1 Å². The van der Waals surface area contributed by atoms with Crippen LogP contribution < -0.4 is 4.72 Å². The molecular formula is C15H20N2O2S. The smallest absolute Gasteiger partial charge is 0.263 e. The number of hydrogen-bond acceptors (Lipinski definition) is 3. The third-order valence-corrected chi connectivity index (χ3v) is 5.60. The van der Waals surface area contributed by atoms with Gasteiger partial charge in [-0.1, -0.05) is 31.9 Å². The van der Waals surface area contributed by atoms with Crippen LogP contribution in [-0.2, 0) is 10.0 Å². The Morgan fingerprint density at radius 3 is 2.80 bits per heavy atom. The number of aliphatic imine (C=N–C) groups is 1. The number of nitrogens with one attached hydrogen (secondary N) is 1. The first-order chi connectivity index (χ1) is 9.56. The van der Waals surface area contributed by atoms with Crippen molar-refractivity contribution >= 4 is 15.9 Å². The van der Waals surface area contributed by atoms with Crippen LogP contribution in [0.1, 0.15) is 44.6 Å². The topological polar surface area (TPSA) is 58.5 Å². The normalized spacial score (nSPS) is 30.6. The minimum absolute atomic E-state index is 0.240. The molecule has 1 aromatic rings. The zero-order valence-corrected chi connectivity index (χ0v) is 12.5. The van der Waals surface area contributed by atoms with Gasteiger partial charge in [0.1, 0.15) is 5.84 Å². The Morgan fingerprint density at radius 2 is 1.95 bits per heavy atom. The van der Waals surface area contributed by atoms with E-state index in [1.165, 1.54) is 19.3 Å². The maximum Gasteiger partial charge on any atom is 0.263 e. The molecule has 1 aliphatic carbocycles. The van der Waals surface area contributed by atoms with E-state index in [1.54, 1.807) is 12.1 Å². The summed E-state index contributed by atoms with van der Waals surface area (Å²) in [6, 6.07) is 7.30. The number of nitrogens with zero attached hydrogens (tertiary/aromatic N) is 1. The first-order valence-electron chi connectivity index (χ1n) is 7.26. The minimum Gasteiger partial charge on any atom is -0.264 e. The molecule has 1 aromatic carbocycles. The number of hydrogen-bond donors (Lipinski definition) is 1. The van der Waals surface area contributed by atoms with Crippen LogP contribution in [-0.4, -0.2) is 20.3 Å². The molecule has 1 N–H and O–H groups in total. The van der Waals surface area contributed by atoms with Crippen LogP contribution in [0.4, 0.5) is 0 Å². The molecule has 1 heterocycles. The Hall–Kier alpha value is -1.36. The number of sulfonamides is 1. The lowest BCUT2D eigenvalue weighted by Crippen LogP contribution is -2.24. The Bertz CT molecular complexity index is 637. The van der Waals surface area contributed by atoms with Gasteiger partial charge in [-0.15, -0.1) is 0 Å². The maximum atomic E-state index is 12.0. The zero-order valence-electron chi connectivity index (χ0n) is 11.7. The highest BCUT2D eigenvalue weighted by molar-refractivity contribution is 7.90. The SMILES string of the molecule is CC1CCCC(N=C2NS(=O)(=O)c3ccccc32)CC1. The largest absolute Gasteiger partial charge is 0.264 e. The average Bonchev–Trinajstić information content (AvgIpc) is 2.56. The molecule has 1 fully saturated rings. The van der Waals surface area contributed by atoms with Gasteiger partial charge in [-0.25, -0.2) is 8.42 Å². The quantitative estimate of drug-likeness (QED) is 0.809. The van der Waals surface area contributed by atoms with Crippen LogP contribution >= 0.6 is 0 Å². The van der Waals surface area contributed by atoms with E-state index < -0.39 is 10.0 Å². The highest BCUT2D eigenvalue weighted by Gasteiger charge is 2.31. The molecule has 108 valence electrons. The van der Waals surface area contributed by atoms with E-state index in [-0.39, 0.29) is 6.04 Å². The highest BCUT2D eigenvalue weighted by atomic mass is 32.2. The van der Waals surface area contributed by atoms with Crippen LogP contribution in [0.25, 0.3) is 0 Å². The van der Waals surface area contributed by atoms with Crippen molar-refractivity contribution in [2.24, 2.45) is 10.9 Å². The first-order valence-corrected chi connectivity index (χ1v) is 8.74. The summed E-state index contributed by atoms with van der Waals surface area (Å²) in [4.78, 5) is 5.04. The van der Waals surface area contributed by atoms with Gasteiger partial charge in [0.25, 0.3) is 10.0 Å². The fourth-order valence-corrected chi connectivity index (χ4v) is 4.25. The molecule has 3 rings (SSSR count). The van der Waals surface area contributed by atoms with Crippen molar-refractivity contribution in [1.29, 1.82) is 0 Å². The van der Waals surface area contributed by atoms with Gasteiger partial charge in [-0.2, -0.15) is 0 Å². The molecular weight excluding hydrogens is 272 g/mol. The van der Waals surface area contributed by atoms with Crippen LogP contribution in [0.3, 0.4) is 0 Å². The molecule has 2 aliphatic rings. The van der Waals surface area contributed by atoms with E-state index in [0.29, 0.717) is 16.3 Å². The molecule has 2 atom stereocenters. The molecule has 0 bridgehead atoms. The third-order valence-electron chi connectivity index (χ3n) is 4.20. The zero-order chi connectivity index (χ0) is 14.2. The van der Waals surface area contributed by atoms with Gasteiger partial charge >= 0.3 is 0 Å². The molecule has 0 radical (unpaired) electrons. The van der Waals surface area contributed by atoms with E-state index in [4.69, 9.17) is 4.99 Å². The van der Waals surface area contributed by atoms with Crippen molar-refractivity contribution in [3.8, 4) is 0 Å². The molecule has 1 aliphatic heterocycles. The molecule has 0 aromatic heterocycles. The molecule has 0 saturated heterocycles. The van der Waals surface area contributed by atoms with Crippen LogP contribution in [0.2, 0.25) is 0 Å². The molecule has 0 amide bonds. The summed E-state index contributed by atoms with van der Waals surface area (Å²) in [5.41, 5.74) is 0.713. The lowest BCUT2D eigenvalue weighted by molar-refractivity contribution is 0.499. The van der Waals surface area contributed by atoms with Gasteiger partial charge < -0.3 is 0 Å². The Morgan fingerprint density at radius 1 is 1.15 bits per heavy atom. The molecule has 1 saturated carbocycles. The Balaban J connectivity index is 1.90. The summed E-state index contributed by atoms with van der Waals surface area (Å²) in [5, 5.41) is 0. The second kappa shape index (κ2) is 5.20. The molecule has 0 spiro atoms. The maximum absolute atomic E-state index is 12.0. The van der Waals surface area contributed by atoms with Gasteiger partial charge in [0.2, 0.25) is 0 Å². The van der Waals surface area contributed by atoms with Crippen LogP contribution in [0, 0.1) is 5.92 Å². The Kier molecular flexibility index (Phi) is 3.54. The summed E-state index contributed by atoms with van der Waals surface area (Å²) in [5.74, 6) is 1.29. The van der Waals surface area contributed by atoms with Crippen LogP contribution in [0.5, 0.6) is 0 Å². The van der Waals surface area contributed by atoms with Crippen molar-refractivity contribution in [3.63, 3.8) is 0 Å². The Labute approximate surface area is 120 Å². The summed E-state index contributed by atoms with van der Waals surface area (Å²) >= 11 is 0. The standard InChI is InChI=1S/C15H20N2O2S/c1-11-5-4-6-12(10-9-11)16-15-13-7-2-3-8-14(13)20(18,19)17-15/h2-3,7-8,11-12H,4-6,9-10H2,1H3,(H,16,17). The lowest BCUT2D eigenvalue weighted by atomic mass is 10.0. The predicted molar refractivity (Wildman–Crippen MR) is 79.3 cm³/mol. The molecule has 5 heteroatoms. The predicted octanol–water partition coefficient (Wildman–Crippen LogP) is 2.69. The van der Waals surface area contributed by atoms with Gasteiger partial charge in [0.15, 0.2) is 0 Å². The number of rotatable bonds is 1. The van der Waals surface area contributed by atoms with Crippen molar-refractivity contribution in [3.05, 3.63) is 29.8 Å². The molecule has 2 unspecified atom stereocenters. The van der Waals surface area contributed by atoms with E-state index >= 15 is 0 Å². The summed E-state index contributed by atoms with van der Waals surface area (Å²) in [6.45, 7) is 2.28. The fraction of sp³-hybridized carbons (Fsp3) is 0.533. The summed E-state index contributed by atoms with van der Waals surface area (Å²) < 4.78 is 26.7. The van der Waals surface area contributed by atoms with Crippen molar-refractivity contribution in [1.82, 2.24) is 4.72 Å². The van der Waals surface area contributed by atoms with Gasteiger partial charge in [0, 0.05) is 5.56 Å². The highest BCUT2D eigenvalue weighted by Crippen LogP contribution is 2.27. The van der Waals surface area contributed by atoms with E-state index in [9.17, 15) is 8.42 Å². The van der Waals surface area contributed by atoms with Gasteiger partial charge in [0.05, 0.1) is 10.9 Å². The van der Waals surface area contributed by atoms with Crippen LogP contribution in [0.15, 0.2) is 34.2 Å². The molecule has 4 nitrogen and oxygen atoms in total. The fourth-order valence-electron chi connectivity index (χ4n) is 3.01. The second-order valence-electron chi connectivity index (χ2n) is 5.85. The monoisotopic (exact) mass is 292 g/mol.